The van der Waals surface area contributed by atoms with Crippen LogP contribution in [0.1, 0.15) is 15.9 Å². The van der Waals surface area contributed by atoms with Crippen molar-refractivity contribution in [3.05, 3.63) is 64.2 Å². The van der Waals surface area contributed by atoms with E-state index in [2.05, 4.69) is 5.32 Å². The molecular formula is C15H12N2O4. The van der Waals surface area contributed by atoms with Crippen LogP contribution in [0, 0.1) is 0 Å². The van der Waals surface area contributed by atoms with Gasteiger partial charge in [-0.3, -0.25) is 9.59 Å². The summed E-state index contributed by atoms with van der Waals surface area (Å²) in [5, 5.41) is 2.76. The Labute approximate surface area is 120 Å². The molecular weight excluding hydrogens is 272 g/mol. The van der Waals surface area contributed by atoms with Gasteiger partial charge in [0.15, 0.2) is 0 Å². The number of fused-ring (bicyclic) bond motifs is 1. The van der Waals surface area contributed by atoms with E-state index in [9.17, 15) is 14.4 Å². The molecule has 0 spiro atoms. The molecule has 0 fully saturated rings. The van der Waals surface area contributed by atoms with Crippen LogP contribution in [0.5, 0.6) is 0 Å². The van der Waals surface area contributed by atoms with Crippen LogP contribution in [-0.2, 0) is 11.3 Å². The minimum absolute atomic E-state index is 0.0490. The Morgan fingerprint density at radius 1 is 1.10 bits per heavy atom. The van der Waals surface area contributed by atoms with Crippen LogP contribution in [0.3, 0.4) is 0 Å². The molecule has 0 bridgehead atoms. The summed E-state index contributed by atoms with van der Waals surface area (Å²) in [5.74, 6) is -0.615. The second kappa shape index (κ2) is 5.24. The van der Waals surface area contributed by atoms with Crippen LogP contribution in [0.4, 0.5) is 5.69 Å². The summed E-state index contributed by atoms with van der Waals surface area (Å²) in [4.78, 5) is 36.6. The highest BCUT2D eigenvalue weighted by Gasteiger charge is 2.24. The fraction of sp³-hybridized carbons (Fsp3) is 0.133. The van der Waals surface area contributed by atoms with Gasteiger partial charge in [0, 0.05) is 18.3 Å². The third-order valence-corrected chi connectivity index (χ3v) is 3.22. The highest BCUT2D eigenvalue weighted by molar-refractivity contribution is 6.00. The Morgan fingerprint density at radius 3 is 2.67 bits per heavy atom. The Balaban J connectivity index is 1.91. The van der Waals surface area contributed by atoms with Crippen molar-refractivity contribution in [2.45, 2.75) is 6.54 Å². The van der Waals surface area contributed by atoms with E-state index in [0.29, 0.717) is 12.2 Å². The van der Waals surface area contributed by atoms with Gasteiger partial charge < -0.3 is 14.6 Å². The highest BCUT2D eigenvalue weighted by Crippen LogP contribution is 2.21. The summed E-state index contributed by atoms with van der Waals surface area (Å²) in [6.45, 7) is 0.263. The number of amides is 2. The van der Waals surface area contributed by atoms with Gasteiger partial charge in [-0.1, -0.05) is 18.2 Å². The van der Waals surface area contributed by atoms with Gasteiger partial charge in [-0.05, 0) is 17.7 Å². The molecule has 6 heteroatoms. The van der Waals surface area contributed by atoms with Gasteiger partial charge in [0.25, 0.3) is 5.91 Å². The molecule has 6 nitrogen and oxygen atoms in total. The molecule has 2 amide bonds. The van der Waals surface area contributed by atoms with E-state index < -0.39 is 5.63 Å². The largest absolute Gasteiger partial charge is 0.430 e. The van der Waals surface area contributed by atoms with Gasteiger partial charge >= 0.3 is 5.63 Å². The molecule has 1 aromatic heterocycles. The summed E-state index contributed by atoms with van der Waals surface area (Å²) in [5.41, 5.74) is 1.28. The van der Waals surface area contributed by atoms with Gasteiger partial charge in [-0.25, -0.2) is 4.79 Å². The van der Waals surface area contributed by atoms with Crippen molar-refractivity contribution in [3.8, 4) is 0 Å². The number of benzene rings is 1. The second-order valence-electron chi connectivity index (χ2n) is 4.71. The molecule has 21 heavy (non-hydrogen) atoms. The lowest BCUT2D eigenvalue weighted by atomic mass is 10.1. The van der Waals surface area contributed by atoms with Crippen molar-refractivity contribution in [2.75, 3.05) is 11.9 Å². The predicted molar refractivity (Wildman–Crippen MR) is 74.8 cm³/mol. The van der Waals surface area contributed by atoms with Crippen molar-refractivity contribution < 1.29 is 14.0 Å². The highest BCUT2D eigenvalue weighted by atomic mass is 16.4. The van der Waals surface area contributed by atoms with Crippen molar-refractivity contribution in [3.63, 3.8) is 0 Å². The molecule has 0 aliphatic carbocycles. The van der Waals surface area contributed by atoms with Crippen LogP contribution in [-0.4, -0.2) is 23.3 Å². The lowest BCUT2D eigenvalue weighted by molar-refractivity contribution is -0.116. The Morgan fingerprint density at radius 2 is 1.90 bits per heavy atom. The molecule has 1 aliphatic rings. The van der Waals surface area contributed by atoms with E-state index >= 15 is 0 Å². The first-order chi connectivity index (χ1) is 10.1. The van der Waals surface area contributed by atoms with Crippen LogP contribution >= 0.6 is 0 Å². The summed E-state index contributed by atoms with van der Waals surface area (Å²) in [7, 11) is 0. The number of hydrogen-bond donors (Lipinski definition) is 1. The van der Waals surface area contributed by atoms with E-state index in [4.69, 9.17) is 4.42 Å². The second-order valence-corrected chi connectivity index (χ2v) is 4.71. The number of carbonyl (C=O) groups is 2. The van der Waals surface area contributed by atoms with E-state index in [-0.39, 0.29) is 23.9 Å². The zero-order valence-electron chi connectivity index (χ0n) is 11.0. The number of anilines is 1. The third kappa shape index (κ3) is 2.69. The standard InChI is InChI=1S/C15H12N2O4/c18-13-8-17(7-10-3-1-2-4-12(10)16-13)15(20)11-5-6-14(19)21-9-11/h1-6,9H,7-8H2,(H,16,18). The topological polar surface area (TPSA) is 79.6 Å². The maximum absolute atomic E-state index is 12.4. The number of hydrogen-bond acceptors (Lipinski definition) is 4. The quantitative estimate of drug-likeness (QED) is 0.854. The van der Waals surface area contributed by atoms with E-state index in [1.165, 1.54) is 17.0 Å². The van der Waals surface area contributed by atoms with Crippen molar-refractivity contribution in [1.29, 1.82) is 0 Å². The van der Waals surface area contributed by atoms with Gasteiger partial charge in [-0.15, -0.1) is 0 Å². The fourth-order valence-electron chi connectivity index (χ4n) is 2.21. The summed E-state index contributed by atoms with van der Waals surface area (Å²) < 4.78 is 4.69. The molecule has 2 heterocycles. The van der Waals surface area contributed by atoms with Gasteiger partial charge in [0.05, 0.1) is 5.56 Å². The predicted octanol–water partition coefficient (Wildman–Crippen LogP) is 1.23. The Bertz CT molecular complexity index is 746. The van der Waals surface area contributed by atoms with E-state index in [1.54, 1.807) is 6.07 Å². The van der Waals surface area contributed by atoms with Crippen LogP contribution in [0.2, 0.25) is 0 Å². The Hall–Kier alpha value is -2.89. The molecule has 1 N–H and O–H groups in total. The van der Waals surface area contributed by atoms with E-state index in [1.807, 2.05) is 18.2 Å². The van der Waals surface area contributed by atoms with Crippen molar-refractivity contribution in [2.24, 2.45) is 0 Å². The Kier molecular flexibility index (Phi) is 3.27. The maximum atomic E-state index is 12.4. The molecule has 1 aliphatic heterocycles. The first-order valence-electron chi connectivity index (χ1n) is 6.39. The number of nitrogens with one attached hydrogen (secondary N) is 1. The average Bonchev–Trinajstić information content (AvgIpc) is 2.65. The van der Waals surface area contributed by atoms with Gasteiger partial charge in [-0.2, -0.15) is 0 Å². The lowest BCUT2D eigenvalue weighted by Crippen LogP contribution is -2.35. The van der Waals surface area contributed by atoms with Crippen LogP contribution in [0.25, 0.3) is 0 Å². The van der Waals surface area contributed by atoms with E-state index in [0.717, 1.165) is 11.8 Å². The molecule has 0 saturated carbocycles. The molecule has 3 rings (SSSR count). The van der Waals surface area contributed by atoms with Gasteiger partial charge in [0.1, 0.15) is 12.8 Å². The number of rotatable bonds is 1. The molecule has 0 unspecified atom stereocenters. The minimum Gasteiger partial charge on any atom is -0.430 e. The monoisotopic (exact) mass is 284 g/mol. The minimum atomic E-state index is -0.523. The normalized spacial score (nSPS) is 14.1. The van der Waals surface area contributed by atoms with Crippen molar-refractivity contribution in [1.82, 2.24) is 4.90 Å². The van der Waals surface area contributed by atoms with Crippen LogP contribution < -0.4 is 10.9 Å². The molecule has 2 aromatic rings. The van der Waals surface area contributed by atoms with Crippen LogP contribution in [0.15, 0.2) is 51.9 Å². The number of nitrogens with zero attached hydrogens (tertiary/aromatic N) is 1. The first kappa shape index (κ1) is 13.1. The number of carbonyl (C=O) groups excluding carboxylic acids is 2. The molecule has 0 atom stereocenters. The SMILES string of the molecule is O=C1CN(C(=O)c2ccc(=O)oc2)Cc2ccccc2N1. The zero-order chi connectivity index (χ0) is 14.8. The molecule has 0 saturated heterocycles. The average molecular weight is 284 g/mol. The lowest BCUT2D eigenvalue weighted by Gasteiger charge is -2.19. The molecule has 106 valence electrons. The first-order valence-corrected chi connectivity index (χ1v) is 6.39. The maximum Gasteiger partial charge on any atom is 0.335 e. The smallest absolute Gasteiger partial charge is 0.335 e. The molecule has 1 aromatic carbocycles. The zero-order valence-corrected chi connectivity index (χ0v) is 11.0. The fourth-order valence-corrected chi connectivity index (χ4v) is 2.21. The summed E-state index contributed by atoms with van der Waals surface area (Å²) in [6, 6.07) is 9.89. The number of para-hydroxylation sites is 1. The molecule has 0 radical (unpaired) electrons. The summed E-state index contributed by atoms with van der Waals surface area (Å²) >= 11 is 0. The third-order valence-electron chi connectivity index (χ3n) is 3.22. The van der Waals surface area contributed by atoms with Crippen molar-refractivity contribution >= 4 is 17.5 Å². The van der Waals surface area contributed by atoms with Gasteiger partial charge in [0.2, 0.25) is 5.91 Å². The summed E-state index contributed by atoms with van der Waals surface area (Å²) in [6.07, 6.45) is 1.11.